The molecular formula is C103H93ClN14O10. The van der Waals surface area contributed by atoms with Crippen LogP contribution in [-0.4, -0.2) is 119 Å². The molecule has 0 fully saturated rings. The molecule has 12 aromatic carbocycles. The molecule has 0 aliphatic carbocycles. The summed E-state index contributed by atoms with van der Waals surface area (Å²) in [6.07, 6.45) is 1.80. The first-order valence-electron chi connectivity index (χ1n) is 40.6. The number of pyridine rings is 1. The first kappa shape index (κ1) is 87.7. The number of anilines is 3. The van der Waals surface area contributed by atoms with Gasteiger partial charge in [-0.1, -0.05) is 169 Å². The standard InChI is InChI=1S/C24H24N4O3.C24H22N2O3.C23H19N3O2.C16H13ClN2O.C16H15N3O/c1-29-18-10-8-17(23(12-18)31-3)15-26-24-11-9-16(14-25-24)20-13-21(28-27-20)19-6-4-5-7-22(19)30-2;1-27-19-10-8-17(9-11-19)16-29-20-12-13-21(24(14-20)28-2)23-15-22(25-26-23)18-6-4-3-5-7-18;1-28-22-14-18(24-23(27)17-10-6-3-7-11-17)12-13-19(22)21-15-20(25-26-21)16-8-4-2-5-9-16;1-20-16-9-5-3-7-12(16)15-10-14(18-19-15)11-6-2-4-8-13(11)17;1-20-16-5-3-2-4-13(16)15-10-14(18-19-15)11-6-8-12(17)9-7-11/h4-14H,15H2,1-3H3,(H,25,26)(H,27,28);3-15H,16H2,1-2H3,(H,25,26);2-15H,1H3,(H,24,27)(H,25,26);2-10H,1H3,(H,18,19);2-10H,17H2,1H3,(H,18,19). The number of aromatic nitrogens is 11. The molecule has 642 valence electrons. The molecule has 0 radical (unpaired) electrons. The number of nitrogens with one attached hydrogen (secondary N) is 7. The maximum atomic E-state index is 12.4. The van der Waals surface area contributed by atoms with Crippen LogP contribution in [0.15, 0.2) is 340 Å². The summed E-state index contributed by atoms with van der Waals surface area (Å²) in [6.45, 7) is 1.05. The van der Waals surface area contributed by atoms with Gasteiger partial charge in [0.25, 0.3) is 5.91 Å². The van der Waals surface area contributed by atoms with Crippen molar-refractivity contribution in [2.24, 2.45) is 0 Å². The summed E-state index contributed by atoms with van der Waals surface area (Å²) in [4.78, 5) is 16.9. The highest BCUT2D eigenvalue weighted by molar-refractivity contribution is 6.33. The zero-order valence-electron chi connectivity index (χ0n) is 71.5. The van der Waals surface area contributed by atoms with Crippen molar-refractivity contribution < 1.29 is 47.4 Å². The van der Waals surface area contributed by atoms with Crippen LogP contribution in [0.4, 0.5) is 17.2 Å². The number of para-hydroxylation sites is 3. The molecule has 0 bridgehead atoms. The maximum Gasteiger partial charge on any atom is 0.255 e. The average molecular weight is 1720 g/mol. The summed E-state index contributed by atoms with van der Waals surface area (Å²) in [5.41, 5.74) is 28.2. The fourth-order valence-electron chi connectivity index (χ4n) is 13.7. The molecule has 24 nitrogen and oxygen atoms in total. The Bertz CT molecular complexity index is 6600. The van der Waals surface area contributed by atoms with E-state index in [4.69, 9.17) is 60.0 Å². The molecule has 18 aromatic rings. The third-order valence-electron chi connectivity index (χ3n) is 20.4. The Labute approximate surface area is 746 Å². The van der Waals surface area contributed by atoms with Crippen molar-refractivity contribution in [3.05, 3.63) is 362 Å². The molecular weight excluding hydrogens is 1630 g/mol. The van der Waals surface area contributed by atoms with E-state index in [1.165, 1.54) is 0 Å². The van der Waals surface area contributed by atoms with Gasteiger partial charge in [0, 0.05) is 114 Å². The van der Waals surface area contributed by atoms with Crippen molar-refractivity contribution >= 4 is 34.7 Å². The van der Waals surface area contributed by atoms with Crippen LogP contribution in [-0.2, 0) is 13.2 Å². The van der Waals surface area contributed by atoms with Crippen LogP contribution in [0.1, 0.15) is 21.5 Å². The molecule has 0 spiro atoms. The molecule has 0 saturated carbocycles. The molecule has 9 N–H and O–H groups in total. The van der Waals surface area contributed by atoms with Gasteiger partial charge in [-0.3, -0.25) is 30.3 Å². The van der Waals surface area contributed by atoms with Crippen molar-refractivity contribution in [1.29, 1.82) is 0 Å². The van der Waals surface area contributed by atoms with Gasteiger partial charge in [0.1, 0.15) is 64.2 Å². The van der Waals surface area contributed by atoms with Crippen LogP contribution in [0.25, 0.3) is 113 Å². The van der Waals surface area contributed by atoms with Crippen LogP contribution in [0, 0.1) is 0 Å². The van der Waals surface area contributed by atoms with E-state index in [-0.39, 0.29) is 5.91 Å². The molecule has 128 heavy (non-hydrogen) atoms. The van der Waals surface area contributed by atoms with Gasteiger partial charge >= 0.3 is 0 Å². The van der Waals surface area contributed by atoms with Gasteiger partial charge in [0.05, 0.1) is 114 Å². The predicted octanol–water partition coefficient (Wildman–Crippen LogP) is 22.9. The lowest BCUT2D eigenvalue weighted by atomic mass is 10.1. The summed E-state index contributed by atoms with van der Waals surface area (Å²) in [5.74, 6) is 7.48. The molecule has 0 saturated heterocycles. The lowest BCUT2D eigenvalue weighted by molar-refractivity contribution is 0.102. The minimum atomic E-state index is -0.164. The van der Waals surface area contributed by atoms with E-state index < -0.39 is 0 Å². The number of methoxy groups -OCH3 is 8. The summed E-state index contributed by atoms with van der Waals surface area (Å²) < 4.78 is 49.1. The topological polar surface area (TPSA) is 307 Å². The zero-order valence-corrected chi connectivity index (χ0v) is 72.2. The first-order valence-corrected chi connectivity index (χ1v) is 41.0. The number of benzene rings is 12. The number of nitrogens with zero attached hydrogens (tertiary/aromatic N) is 6. The third-order valence-corrected chi connectivity index (χ3v) is 20.7. The smallest absolute Gasteiger partial charge is 0.255 e. The average Bonchev–Trinajstić information content (AvgIpc) is 1.65. The second kappa shape index (κ2) is 43.4. The van der Waals surface area contributed by atoms with E-state index in [2.05, 4.69) is 66.6 Å². The Morgan fingerprint density at radius 3 is 1.24 bits per heavy atom. The number of carbonyl (C=O) groups excluding carboxylic acids is 1. The number of hydrogen-bond donors (Lipinski definition) is 8. The second-order valence-corrected chi connectivity index (χ2v) is 28.9. The predicted molar refractivity (Wildman–Crippen MR) is 506 cm³/mol. The highest BCUT2D eigenvalue weighted by Crippen LogP contribution is 2.39. The van der Waals surface area contributed by atoms with E-state index in [0.717, 1.165) is 181 Å². The first-order chi connectivity index (χ1) is 62.8. The van der Waals surface area contributed by atoms with E-state index in [9.17, 15) is 4.79 Å². The van der Waals surface area contributed by atoms with Crippen LogP contribution >= 0.6 is 11.6 Å². The SMILES string of the molecule is COc1cc(NC(=O)c2ccccc2)ccc1-c1cc(-c2ccccc2)n[nH]1.COc1ccc(CNc2ccc(-c3cc(-c4ccccc4OC)[nH]n3)cn2)c(OC)c1.COc1ccc(COc2ccc(-c3cc(-c4ccccc4)n[nH]3)c(OC)c2)cc1.COc1ccccc1-c1cc(-c2ccc(N)cc2)n[nH]1.COc1ccccc1-c1cc(-c2ccccc2Cl)[nH]n1. The number of halogens is 1. The van der Waals surface area contributed by atoms with E-state index in [0.29, 0.717) is 35.2 Å². The van der Waals surface area contributed by atoms with Crippen molar-refractivity contribution in [2.75, 3.05) is 73.2 Å². The fraction of sp³-hybridized carbons (Fsp3) is 0.0971. The number of ether oxygens (including phenoxy) is 9. The number of aromatic amines is 5. The van der Waals surface area contributed by atoms with Crippen molar-refractivity contribution in [2.45, 2.75) is 13.2 Å². The Morgan fingerprint density at radius 2 is 0.734 bits per heavy atom. The van der Waals surface area contributed by atoms with Gasteiger partial charge < -0.3 is 59.0 Å². The number of nitrogen functional groups attached to an aromatic ring is 1. The largest absolute Gasteiger partial charge is 0.497 e. The molecule has 6 heterocycles. The summed E-state index contributed by atoms with van der Waals surface area (Å²) >= 11 is 6.20. The minimum absolute atomic E-state index is 0.164. The fourth-order valence-corrected chi connectivity index (χ4v) is 13.9. The van der Waals surface area contributed by atoms with Crippen LogP contribution in [0.2, 0.25) is 5.02 Å². The van der Waals surface area contributed by atoms with Crippen molar-refractivity contribution in [1.82, 2.24) is 56.0 Å². The van der Waals surface area contributed by atoms with Gasteiger partial charge in [-0.05, 0) is 163 Å². The summed E-state index contributed by atoms with van der Waals surface area (Å²) in [7, 11) is 13.2. The second-order valence-electron chi connectivity index (χ2n) is 28.5. The Kier molecular flexibility index (Phi) is 29.8. The van der Waals surface area contributed by atoms with Crippen LogP contribution in [0.3, 0.4) is 0 Å². The number of amides is 1. The number of rotatable bonds is 26. The van der Waals surface area contributed by atoms with Crippen LogP contribution in [0.5, 0.6) is 51.7 Å². The number of H-pyrrole nitrogens is 5. The highest BCUT2D eigenvalue weighted by atomic mass is 35.5. The summed E-state index contributed by atoms with van der Waals surface area (Å²) in [5, 5.41) is 44.2. The molecule has 1 amide bonds. The van der Waals surface area contributed by atoms with E-state index >= 15 is 0 Å². The Hall–Kier alpha value is -16.6. The quantitative estimate of drug-likeness (QED) is 0.0234. The lowest BCUT2D eigenvalue weighted by Gasteiger charge is -2.11. The monoisotopic (exact) mass is 1720 g/mol. The van der Waals surface area contributed by atoms with E-state index in [1.807, 2.05) is 315 Å². The molecule has 25 heteroatoms. The van der Waals surface area contributed by atoms with Gasteiger partial charge in [-0.15, -0.1) is 0 Å². The van der Waals surface area contributed by atoms with Gasteiger partial charge in [-0.2, -0.15) is 25.5 Å². The molecule has 0 atom stereocenters. The number of hydrogen-bond acceptors (Lipinski definition) is 18. The minimum Gasteiger partial charge on any atom is -0.497 e. The number of nitrogens with two attached hydrogens (primary N) is 1. The van der Waals surface area contributed by atoms with Gasteiger partial charge in [0.2, 0.25) is 0 Å². The molecule has 0 aliphatic rings. The van der Waals surface area contributed by atoms with Gasteiger partial charge in [0.15, 0.2) is 0 Å². The summed E-state index contributed by atoms with van der Waals surface area (Å²) in [6, 6.07) is 107. The Balaban J connectivity index is 0.000000131. The number of carbonyl (C=O) groups is 1. The lowest BCUT2D eigenvalue weighted by Crippen LogP contribution is -2.11. The Morgan fingerprint density at radius 1 is 0.336 bits per heavy atom. The maximum absolute atomic E-state index is 12.4. The molecule has 0 aliphatic heterocycles. The molecule has 6 aromatic heterocycles. The van der Waals surface area contributed by atoms with Gasteiger partial charge in [-0.25, -0.2) is 4.98 Å². The highest BCUT2D eigenvalue weighted by Gasteiger charge is 2.19. The van der Waals surface area contributed by atoms with Crippen molar-refractivity contribution in [3.8, 4) is 164 Å². The molecule has 18 rings (SSSR count). The van der Waals surface area contributed by atoms with E-state index in [1.54, 1.807) is 81.3 Å². The third kappa shape index (κ3) is 22.4. The van der Waals surface area contributed by atoms with Crippen molar-refractivity contribution in [3.63, 3.8) is 0 Å². The van der Waals surface area contributed by atoms with Crippen LogP contribution < -0.4 is 59.0 Å². The normalized spacial score (nSPS) is 10.5. The molecule has 0 unspecified atom stereocenters. The zero-order chi connectivity index (χ0) is 88.9.